The Hall–Kier alpha value is -0.930. The van der Waals surface area contributed by atoms with E-state index < -0.39 is 0 Å². The van der Waals surface area contributed by atoms with E-state index in [0.29, 0.717) is 10.7 Å². The third-order valence-corrected chi connectivity index (χ3v) is 3.57. The molecule has 94 valence electrons. The predicted molar refractivity (Wildman–Crippen MR) is 74.6 cm³/mol. The van der Waals surface area contributed by atoms with Crippen LogP contribution in [0.15, 0.2) is 18.2 Å². The van der Waals surface area contributed by atoms with Crippen LogP contribution in [0.5, 0.6) is 0 Å². The first-order valence-corrected chi connectivity index (χ1v) is 6.62. The van der Waals surface area contributed by atoms with E-state index in [2.05, 4.69) is 17.1 Å². The van der Waals surface area contributed by atoms with Gasteiger partial charge in [-0.15, -0.1) is 0 Å². The first-order valence-electron chi connectivity index (χ1n) is 6.24. The molecule has 0 radical (unpaired) electrons. The van der Waals surface area contributed by atoms with Crippen molar-refractivity contribution >= 4 is 23.0 Å². The molecule has 1 aliphatic carbocycles. The Labute approximate surface area is 108 Å². The Balaban J connectivity index is 1.83. The van der Waals surface area contributed by atoms with E-state index in [1.165, 1.54) is 12.8 Å². The third-order valence-electron chi connectivity index (χ3n) is 3.24. The number of nitrogens with one attached hydrogen (secondary N) is 1. The normalized spacial score (nSPS) is 15.2. The number of halogens is 1. The second-order valence-corrected chi connectivity index (χ2v) is 4.89. The number of rotatable bonds is 6. The summed E-state index contributed by atoms with van der Waals surface area (Å²) in [7, 11) is 0. The molecule has 3 nitrogen and oxygen atoms in total. The van der Waals surface area contributed by atoms with Crippen molar-refractivity contribution in [1.82, 2.24) is 4.90 Å². The van der Waals surface area contributed by atoms with E-state index in [0.717, 1.165) is 31.4 Å². The Kier molecular flexibility index (Phi) is 4.13. The van der Waals surface area contributed by atoms with Crippen LogP contribution >= 0.6 is 11.6 Å². The topological polar surface area (TPSA) is 41.3 Å². The zero-order valence-corrected chi connectivity index (χ0v) is 11.0. The van der Waals surface area contributed by atoms with Gasteiger partial charge in [0, 0.05) is 19.1 Å². The molecule has 17 heavy (non-hydrogen) atoms. The van der Waals surface area contributed by atoms with Crippen molar-refractivity contribution in [3.8, 4) is 0 Å². The number of likely N-dealkylation sites (N-methyl/N-ethyl adjacent to an activating group) is 1. The molecule has 0 unspecified atom stereocenters. The van der Waals surface area contributed by atoms with Gasteiger partial charge in [-0.3, -0.25) is 4.90 Å². The maximum absolute atomic E-state index is 5.97. The highest BCUT2D eigenvalue weighted by atomic mass is 35.5. The zero-order chi connectivity index (χ0) is 12.3. The number of nitrogens with zero attached hydrogens (tertiary/aromatic N) is 1. The predicted octanol–water partition coefficient (Wildman–Crippen LogP) is 2.82. The Bertz CT molecular complexity index is 377. The Morgan fingerprint density at radius 1 is 1.47 bits per heavy atom. The van der Waals surface area contributed by atoms with E-state index in [1.54, 1.807) is 0 Å². The summed E-state index contributed by atoms with van der Waals surface area (Å²) >= 11 is 5.97. The van der Waals surface area contributed by atoms with Crippen LogP contribution in [0.4, 0.5) is 11.4 Å². The van der Waals surface area contributed by atoms with Crippen molar-refractivity contribution in [2.24, 2.45) is 0 Å². The molecule has 4 heteroatoms. The van der Waals surface area contributed by atoms with Gasteiger partial charge < -0.3 is 11.1 Å². The molecule has 1 aromatic rings. The lowest BCUT2D eigenvalue weighted by molar-refractivity contribution is 0.289. The molecule has 0 spiro atoms. The third kappa shape index (κ3) is 3.27. The van der Waals surface area contributed by atoms with E-state index in [4.69, 9.17) is 17.3 Å². The van der Waals surface area contributed by atoms with Crippen LogP contribution in [0.25, 0.3) is 0 Å². The van der Waals surface area contributed by atoms with Crippen LogP contribution in [0.1, 0.15) is 19.8 Å². The number of nitrogen functional groups attached to an aromatic ring is 1. The molecule has 3 N–H and O–H groups in total. The first kappa shape index (κ1) is 12.5. The molecule has 1 aliphatic rings. The molecule has 1 aromatic carbocycles. The monoisotopic (exact) mass is 253 g/mol. The molecule has 0 atom stereocenters. The number of anilines is 2. The van der Waals surface area contributed by atoms with Crippen LogP contribution in [0, 0.1) is 0 Å². The fourth-order valence-electron chi connectivity index (χ4n) is 2.06. The maximum atomic E-state index is 5.97. The lowest BCUT2D eigenvalue weighted by Crippen LogP contribution is -2.31. The maximum Gasteiger partial charge on any atom is 0.0739 e. The summed E-state index contributed by atoms with van der Waals surface area (Å²) in [4.78, 5) is 2.51. The molecule has 1 fully saturated rings. The average molecular weight is 254 g/mol. The molecule has 0 bridgehead atoms. The molecule has 1 saturated carbocycles. The molecule has 2 rings (SSSR count). The highest BCUT2D eigenvalue weighted by molar-refractivity contribution is 6.33. The highest BCUT2D eigenvalue weighted by Crippen LogP contribution is 2.28. The van der Waals surface area contributed by atoms with Crippen molar-refractivity contribution < 1.29 is 0 Å². The molecule has 0 aliphatic heterocycles. The summed E-state index contributed by atoms with van der Waals surface area (Å²) in [6, 6.07) is 6.51. The Morgan fingerprint density at radius 2 is 2.24 bits per heavy atom. The van der Waals surface area contributed by atoms with Crippen LogP contribution in [0.3, 0.4) is 0 Å². The van der Waals surface area contributed by atoms with Gasteiger partial charge in [-0.05, 0) is 31.5 Å². The fourth-order valence-corrected chi connectivity index (χ4v) is 2.24. The zero-order valence-electron chi connectivity index (χ0n) is 10.2. The lowest BCUT2D eigenvalue weighted by atomic mass is 10.2. The van der Waals surface area contributed by atoms with Gasteiger partial charge in [-0.2, -0.15) is 0 Å². The van der Waals surface area contributed by atoms with Gasteiger partial charge >= 0.3 is 0 Å². The van der Waals surface area contributed by atoms with Crippen molar-refractivity contribution in [1.29, 1.82) is 0 Å². The summed E-state index contributed by atoms with van der Waals surface area (Å²) < 4.78 is 0. The highest BCUT2D eigenvalue weighted by Gasteiger charge is 2.27. The second kappa shape index (κ2) is 5.61. The standard InChI is InChI=1S/C13H20ClN3/c1-2-17(10-6-7-10)9-8-16-12-5-3-4-11(14)13(12)15/h3-5,10,16H,2,6-9,15H2,1H3. The lowest BCUT2D eigenvalue weighted by Gasteiger charge is -2.20. The number of nitrogens with two attached hydrogens (primary N) is 1. The number of hydrogen-bond acceptors (Lipinski definition) is 3. The summed E-state index contributed by atoms with van der Waals surface area (Å²) in [5.41, 5.74) is 7.47. The smallest absolute Gasteiger partial charge is 0.0739 e. The molecular formula is C13H20ClN3. The SMILES string of the molecule is CCN(CCNc1cccc(Cl)c1N)C1CC1. The minimum Gasteiger partial charge on any atom is -0.396 e. The number of benzene rings is 1. The number of hydrogen-bond donors (Lipinski definition) is 2. The fraction of sp³-hybridized carbons (Fsp3) is 0.538. The molecule has 0 aromatic heterocycles. The molecule has 0 heterocycles. The minimum absolute atomic E-state index is 0.615. The van der Waals surface area contributed by atoms with E-state index in [9.17, 15) is 0 Å². The van der Waals surface area contributed by atoms with Crippen molar-refractivity contribution in [3.05, 3.63) is 23.2 Å². The average Bonchev–Trinajstić information content (AvgIpc) is 3.14. The quantitative estimate of drug-likeness (QED) is 0.766. The molecular weight excluding hydrogens is 234 g/mol. The number of para-hydroxylation sites is 1. The summed E-state index contributed by atoms with van der Waals surface area (Å²) in [5.74, 6) is 0. The largest absolute Gasteiger partial charge is 0.396 e. The van der Waals surface area contributed by atoms with E-state index in [-0.39, 0.29) is 0 Å². The molecule has 0 saturated heterocycles. The van der Waals surface area contributed by atoms with Gasteiger partial charge in [0.15, 0.2) is 0 Å². The summed E-state index contributed by atoms with van der Waals surface area (Å²) in [5, 5.41) is 3.97. The van der Waals surface area contributed by atoms with E-state index in [1.807, 2.05) is 18.2 Å². The van der Waals surface area contributed by atoms with E-state index >= 15 is 0 Å². The van der Waals surface area contributed by atoms with Gasteiger partial charge in [0.05, 0.1) is 16.4 Å². The van der Waals surface area contributed by atoms with Crippen LogP contribution in [0.2, 0.25) is 5.02 Å². The van der Waals surface area contributed by atoms with Crippen LogP contribution in [-0.4, -0.2) is 30.6 Å². The Morgan fingerprint density at radius 3 is 2.88 bits per heavy atom. The first-order chi connectivity index (χ1) is 8.22. The summed E-state index contributed by atoms with van der Waals surface area (Å²) in [6.45, 7) is 5.31. The van der Waals surface area contributed by atoms with Crippen LogP contribution in [-0.2, 0) is 0 Å². The van der Waals surface area contributed by atoms with Crippen LogP contribution < -0.4 is 11.1 Å². The van der Waals surface area contributed by atoms with Gasteiger partial charge in [0.1, 0.15) is 0 Å². The summed E-state index contributed by atoms with van der Waals surface area (Å²) in [6.07, 6.45) is 2.71. The van der Waals surface area contributed by atoms with Crippen molar-refractivity contribution in [3.63, 3.8) is 0 Å². The van der Waals surface area contributed by atoms with Crippen molar-refractivity contribution in [2.45, 2.75) is 25.8 Å². The van der Waals surface area contributed by atoms with Gasteiger partial charge in [0.25, 0.3) is 0 Å². The van der Waals surface area contributed by atoms with Gasteiger partial charge in [-0.25, -0.2) is 0 Å². The second-order valence-electron chi connectivity index (χ2n) is 4.49. The molecule has 0 amide bonds. The minimum atomic E-state index is 0.615. The van der Waals surface area contributed by atoms with Crippen molar-refractivity contribution in [2.75, 3.05) is 30.7 Å². The van der Waals surface area contributed by atoms with Gasteiger partial charge in [-0.1, -0.05) is 24.6 Å². The van der Waals surface area contributed by atoms with Gasteiger partial charge in [0.2, 0.25) is 0 Å².